The van der Waals surface area contributed by atoms with Crippen LogP contribution in [-0.4, -0.2) is 10.8 Å². The van der Waals surface area contributed by atoms with E-state index in [-0.39, 0.29) is 5.91 Å². The standard InChI is InChI=1S/C24H21NO/c1-18-11-13-20(14-12-18)23-15-21-9-5-6-10-22(21)16-24(26)25(23)17-19-7-3-2-4-8-19/h2-15H,16-17H2,1H3. The summed E-state index contributed by atoms with van der Waals surface area (Å²) in [5.74, 6) is 0.130. The van der Waals surface area contributed by atoms with Crippen LogP contribution in [0.4, 0.5) is 0 Å². The van der Waals surface area contributed by atoms with Gasteiger partial charge in [-0.15, -0.1) is 0 Å². The number of fused-ring (bicyclic) bond motifs is 1. The first-order valence-corrected chi connectivity index (χ1v) is 8.91. The summed E-state index contributed by atoms with van der Waals surface area (Å²) in [7, 11) is 0. The third-order valence-corrected chi connectivity index (χ3v) is 4.81. The van der Waals surface area contributed by atoms with E-state index in [4.69, 9.17) is 0 Å². The Hall–Kier alpha value is -3.13. The Morgan fingerprint density at radius 1 is 0.846 bits per heavy atom. The summed E-state index contributed by atoms with van der Waals surface area (Å²) >= 11 is 0. The third kappa shape index (κ3) is 3.31. The van der Waals surface area contributed by atoms with Crippen LogP contribution in [0, 0.1) is 6.92 Å². The second-order valence-electron chi connectivity index (χ2n) is 6.74. The van der Waals surface area contributed by atoms with Crippen molar-refractivity contribution in [2.45, 2.75) is 19.9 Å². The van der Waals surface area contributed by atoms with Gasteiger partial charge in [0.05, 0.1) is 18.7 Å². The topological polar surface area (TPSA) is 20.3 Å². The number of rotatable bonds is 3. The van der Waals surface area contributed by atoms with Gasteiger partial charge in [0.2, 0.25) is 5.91 Å². The molecule has 3 aromatic carbocycles. The molecule has 0 bridgehead atoms. The highest BCUT2D eigenvalue weighted by Gasteiger charge is 2.24. The number of benzene rings is 3. The fraction of sp³-hybridized carbons (Fsp3) is 0.125. The van der Waals surface area contributed by atoms with E-state index < -0.39 is 0 Å². The van der Waals surface area contributed by atoms with Crippen molar-refractivity contribution in [3.05, 3.63) is 107 Å². The van der Waals surface area contributed by atoms with Gasteiger partial charge in [-0.2, -0.15) is 0 Å². The minimum absolute atomic E-state index is 0.130. The quantitative estimate of drug-likeness (QED) is 0.652. The fourth-order valence-electron chi connectivity index (χ4n) is 3.36. The normalized spacial score (nSPS) is 13.8. The van der Waals surface area contributed by atoms with E-state index in [2.05, 4.69) is 55.5 Å². The number of aryl methyl sites for hydroxylation is 1. The Bertz CT molecular complexity index is 955. The van der Waals surface area contributed by atoms with Gasteiger partial charge in [0.1, 0.15) is 0 Å². The van der Waals surface area contributed by atoms with E-state index in [9.17, 15) is 4.79 Å². The van der Waals surface area contributed by atoms with Crippen LogP contribution in [-0.2, 0) is 17.8 Å². The minimum Gasteiger partial charge on any atom is -0.307 e. The van der Waals surface area contributed by atoms with Crippen LogP contribution in [0.5, 0.6) is 0 Å². The second-order valence-corrected chi connectivity index (χ2v) is 6.74. The highest BCUT2D eigenvalue weighted by Crippen LogP contribution is 2.30. The Balaban J connectivity index is 1.82. The summed E-state index contributed by atoms with van der Waals surface area (Å²) in [6, 6.07) is 26.7. The molecule has 26 heavy (non-hydrogen) atoms. The Morgan fingerprint density at radius 3 is 2.31 bits per heavy atom. The molecular weight excluding hydrogens is 318 g/mol. The molecule has 3 aromatic rings. The number of hydrogen-bond donors (Lipinski definition) is 0. The van der Waals surface area contributed by atoms with Crippen LogP contribution >= 0.6 is 0 Å². The largest absolute Gasteiger partial charge is 0.307 e. The van der Waals surface area contributed by atoms with Crippen molar-refractivity contribution >= 4 is 17.7 Å². The number of carbonyl (C=O) groups is 1. The van der Waals surface area contributed by atoms with Gasteiger partial charge in [0.15, 0.2) is 0 Å². The Kier molecular flexibility index (Phi) is 4.40. The molecule has 0 N–H and O–H groups in total. The smallest absolute Gasteiger partial charge is 0.231 e. The molecule has 1 amide bonds. The van der Waals surface area contributed by atoms with Crippen molar-refractivity contribution in [3.8, 4) is 0 Å². The summed E-state index contributed by atoms with van der Waals surface area (Å²) in [6.07, 6.45) is 2.57. The van der Waals surface area contributed by atoms with Crippen LogP contribution in [0.15, 0.2) is 78.9 Å². The Labute approximate surface area is 154 Å². The zero-order chi connectivity index (χ0) is 17.9. The molecule has 0 atom stereocenters. The number of nitrogens with zero attached hydrogens (tertiary/aromatic N) is 1. The molecule has 0 unspecified atom stereocenters. The van der Waals surface area contributed by atoms with Crippen molar-refractivity contribution in [3.63, 3.8) is 0 Å². The van der Waals surface area contributed by atoms with Gasteiger partial charge < -0.3 is 4.90 Å². The maximum atomic E-state index is 13.1. The summed E-state index contributed by atoms with van der Waals surface area (Å²) in [5, 5.41) is 0. The Morgan fingerprint density at radius 2 is 1.54 bits per heavy atom. The lowest BCUT2D eigenvalue weighted by molar-refractivity contribution is -0.127. The van der Waals surface area contributed by atoms with Crippen LogP contribution in [0.25, 0.3) is 11.8 Å². The summed E-state index contributed by atoms with van der Waals surface area (Å²) in [6.45, 7) is 2.65. The van der Waals surface area contributed by atoms with Gasteiger partial charge >= 0.3 is 0 Å². The zero-order valence-electron chi connectivity index (χ0n) is 14.9. The molecule has 128 valence electrons. The lowest BCUT2D eigenvalue weighted by atomic mass is 10.0. The highest BCUT2D eigenvalue weighted by molar-refractivity contribution is 5.96. The number of amides is 1. The molecule has 1 aliphatic rings. The molecule has 0 spiro atoms. The van der Waals surface area contributed by atoms with E-state index in [1.54, 1.807) is 0 Å². The van der Waals surface area contributed by atoms with E-state index in [1.807, 2.05) is 41.3 Å². The SMILES string of the molecule is Cc1ccc(C2=Cc3ccccc3CC(=O)N2Cc2ccccc2)cc1. The molecule has 0 aromatic heterocycles. The minimum atomic E-state index is 0.130. The van der Waals surface area contributed by atoms with E-state index >= 15 is 0 Å². The third-order valence-electron chi connectivity index (χ3n) is 4.81. The summed E-state index contributed by atoms with van der Waals surface area (Å²) in [4.78, 5) is 15.0. The highest BCUT2D eigenvalue weighted by atomic mass is 16.2. The van der Waals surface area contributed by atoms with Gasteiger partial charge in [-0.1, -0.05) is 84.4 Å². The molecule has 0 aliphatic carbocycles. The van der Waals surface area contributed by atoms with Crippen molar-refractivity contribution in [2.75, 3.05) is 0 Å². The summed E-state index contributed by atoms with van der Waals surface area (Å²) in [5.41, 5.74) is 6.57. The second kappa shape index (κ2) is 7.01. The fourth-order valence-corrected chi connectivity index (χ4v) is 3.36. The van der Waals surface area contributed by atoms with Gasteiger partial charge in [-0.3, -0.25) is 4.79 Å². The number of carbonyl (C=O) groups excluding carboxylic acids is 1. The molecular formula is C24H21NO. The van der Waals surface area contributed by atoms with Crippen LogP contribution in [0.1, 0.15) is 27.8 Å². The van der Waals surface area contributed by atoms with Crippen LogP contribution < -0.4 is 0 Å². The molecule has 0 saturated heterocycles. The van der Waals surface area contributed by atoms with Crippen molar-refractivity contribution in [1.29, 1.82) is 0 Å². The van der Waals surface area contributed by atoms with Crippen LogP contribution in [0.3, 0.4) is 0 Å². The van der Waals surface area contributed by atoms with Gasteiger partial charge in [-0.05, 0) is 35.3 Å². The molecule has 0 fully saturated rings. The first-order valence-electron chi connectivity index (χ1n) is 8.91. The molecule has 0 radical (unpaired) electrons. The van der Waals surface area contributed by atoms with Gasteiger partial charge in [0.25, 0.3) is 0 Å². The van der Waals surface area contributed by atoms with Crippen molar-refractivity contribution < 1.29 is 4.79 Å². The van der Waals surface area contributed by atoms with E-state index in [1.165, 1.54) is 5.56 Å². The predicted octanol–water partition coefficient (Wildman–Crippen LogP) is 5.08. The molecule has 1 aliphatic heterocycles. The molecule has 0 saturated carbocycles. The molecule has 4 rings (SSSR count). The van der Waals surface area contributed by atoms with Crippen LogP contribution in [0.2, 0.25) is 0 Å². The van der Waals surface area contributed by atoms with Gasteiger partial charge in [0, 0.05) is 0 Å². The average molecular weight is 339 g/mol. The molecule has 2 heteroatoms. The first-order chi connectivity index (χ1) is 12.7. The van der Waals surface area contributed by atoms with Crippen molar-refractivity contribution in [1.82, 2.24) is 4.90 Å². The predicted molar refractivity (Wildman–Crippen MR) is 106 cm³/mol. The summed E-state index contributed by atoms with van der Waals surface area (Å²) < 4.78 is 0. The monoisotopic (exact) mass is 339 g/mol. The van der Waals surface area contributed by atoms with Crippen molar-refractivity contribution in [2.24, 2.45) is 0 Å². The maximum Gasteiger partial charge on any atom is 0.231 e. The average Bonchev–Trinajstić information content (AvgIpc) is 2.80. The van der Waals surface area contributed by atoms with E-state index in [0.29, 0.717) is 13.0 Å². The first kappa shape index (κ1) is 16.3. The molecule has 1 heterocycles. The lowest BCUT2D eigenvalue weighted by Crippen LogP contribution is -2.29. The zero-order valence-corrected chi connectivity index (χ0v) is 14.9. The lowest BCUT2D eigenvalue weighted by Gasteiger charge is -2.25. The van der Waals surface area contributed by atoms with Gasteiger partial charge in [-0.25, -0.2) is 0 Å². The number of hydrogen-bond acceptors (Lipinski definition) is 1. The molecule has 2 nitrogen and oxygen atoms in total. The van der Waals surface area contributed by atoms with E-state index in [0.717, 1.165) is 28.0 Å². The maximum absolute atomic E-state index is 13.1.